The van der Waals surface area contributed by atoms with E-state index in [1.165, 1.54) is 6.20 Å². The summed E-state index contributed by atoms with van der Waals surface area (Å²) in [5, 5.41) is 9.57. The van der Waals surface area contributed by atoms with Gasteiger partial charge in [-0.3, -0.25) is 4.99 Å². The molecule has 0 radical (unpaired) electrons. The standard InChI is InChI=1S/C11H8Cl2N2O2/c12-7-1-3-8(4-2-7)15-5-9(11(16)17)10(13)14-6-15/h1-5H,6H2,(H,16,17). The van der Waals surface area contributed by atoms with Gasteiger partial charge in [-0.1, -0.05) is 23.2 Å². The first-order valence-corrected chi connectivity index (χ1v) is 5.51. The van der Waals surface area contributed by atoms with Gasteiger partial charge in [0.25, 0.3) is 0 Å². The van der Waals surface area contributed by atoms with Crippen molar-refractivity contribution in [3.8, 4) is 0 Å². The van der Waals surface area contributed by atoms with Crippen molar-refractivity contribution in [2.24, 2.45) is 4.99 Å². The Morgan fingerprint density at radius 2 is 1.94 bits per heavy atom. The van der Waals surface area contributed by atoms with Crippen molar-refractivity contribution >= 4 is 40.0 Å². The number of hydrogen-bond donors (Lipinski definition) is 1. The number of benzene rings is 1. The third kappa shape index (κ3) is 2.60. The van der Waals surface area contributed by atoms with E-state index < -0.39 is 5.97 Å². The van der Waals surface area contributed by atoms with Crippen molar-refractivity contribution in [2.45, 2.75) is 0 Å². The average Bonchev–Trinajstić information content (AvgIpc) is 2.30. The van der Waals surface area contributed by atoms with Crippen LogP contribution in [0.5, 0.6) is 0 Å². The highest BCUT2D eigenvalue weighted by atomic mass is 35.5. The normalized spacial score (nSPS) is 15.3. The molecule has 0 saturated heterocycles. The number of hydrogen-bond acceptors (Lipinski definition) is 3. The van der Waals surface area contributed by atoms with Gasteiger partial charge in [0, 0.05) is 16.9 Å². The highest BCUT2D eigenvalue weighted by Gasteiger charge is 2.19. The Balaban J connectivity index is 2.30. The molecule has 4 nitrogen and oxygen atoms in total. The van der Waals surface area contributed by atoms with E-state index >= 15 is 0 Å². The monoisotopic (exact) mass is 270 g/mol. The Hall–Kier alpha value is -1.52. The summed E-state index contributed by atoms with van der Waals surface area (Å²) in [4.78, 5) is 16.5. The first-order valence-electron chi connectivity index (χ1n) is 4.75. The minimum Gasteiger partial charge on any atom is -0.478 e. The molecule has 1 aliphatic heterocycles. The van der Waals surface area contributed by atoms with E-state index in [0.29, 0.717) is 5.02 Å². The van der Waals surface area contributed by atoms with Gasteiger partial charge in [-0.25, -0.2) is 4.79 Å². The van der Waals surface area contributed by atoms with E-state index in [1.807, 2.05) is 0 Å². The molecule has 1 aromatic carbocycles. The van der Waals surface area contributed by atoms with Gasteiger partial charge in [-0.05, 0) is 24.3 Å². The zero-order chi connectivity index (χ0) is 12.4. The van der Waals surface area contributed by atoms with Crippen LogP contribution in [0.2, 0.25) is 5.02 Å². The van der Waals surface area contributed by atoms with Crippen LogP contribution in [0.3, 0.4) is 0 Å². The fourth-order valence-electron chi connectivity index (χ4n) is 1.41. The van der Waals surface area contributed by atoms with E-state index in [1.54, 1.807) is 29.2 Å². The molecule has 0 spiro atoms. The largest absolute Gasteiger partial charge is 0.478 e. The SMILES string of the molecule is O=C(O)C1=CN(c2ccc(Cl)cc2)CN=C1Cl. The van der Waals surface area contributed by atoms with E-state index in [9.17, 15) is 4.79 Å². The van der Waals surface area contributed by atoms with Crippen LogP contribution in [-0.4, -0.2) is 22.9 Å². The fraction of sp³-hybridized carbons (Fsp3) is 0.0909. The Labute approximate surface area is 108 Å². The minimum atomic E-state index is -1.10. The van der Waals surface area contributed by atoms with Gasteiger partial charge in [0.2, 0.25) is 0 Å². The van der Waals surface area contributed by atoms with Gasteiger partial charge in [0.05, 0.1) is 0 Å². The number of aliphatic carboxylic acids is 1. The van der Waals surface area contributed by atoms with Crippen LogP contribution in [0.25, 0.3) is 0 Å². The number of carbonyl (C=O) groups is 1. The lowest BCUT2D eigenvalue weighted by atomic mass is 10.2. The molecule has 1 N–H and O–H groups in total. The lowest BCUT2D eigenvalue weighted by molar-refractivity contribution is -0.132. The summed E-state index contributed by atoms with van der Waals surface area (Å²) >= 11 is 11.5. The first-order chi connectivity index (χ1) is 8.08. The Kier molecular flexibility index (Phi) is 3.36. The molecule has 0 aliphatic carbocycles. The van der Waals surface area contributed by atoms with Crippen LogP contribution in [0.15, 0.2) is 41.0 Å². The van der Waals surface area contributed by atoms with Crippen LogP contribution in [0, 0.1) is 0 Å². The van der Waals surface area contributed by atoms with E-state index in [0.717, 1.165) is 5.69 Å². The lowest BCUT2D eigenvalue weighted by Crippen LogP contribution is -2.25. The molecule has 0 unspecified atom stereocenters. The van der Waals surface area contributed by atoms with Gasteiger partial charge in [0.15, 0.2) is 0 Å². The molecular weight excluding hydrogens is 263 g/mol. The van der Waals surface area contributed by atoms with Crippen molar-refractivity contribution in [1.29, 1.82) is 0 Å². The van der Waals surface area contributed by atoms with Gasteiger partial charge >= 0.3 is 5.97 Å². The third-order valence-electron chi connectivity index (χ3n) is 2.26. The molecule has 17 heavy (non-hydrogen) atoms. The molecule has 0 saturated carbocycles. The molecule has 1 heterocycles. The van der Waals surface area contributed by atoms with Crippen LogP contribution in [-0.2, 0) is 4.79 Å². The molecule has 1 aromatic rings. The maximum Gasteiger partial charge on any atom is 0.340 e. The van der Waals surface area contributed by atoms with E-state index in [2.05, 4.69) is 4.99 Å². The van der Waals surface area contributed by atoms with E-state index in [4.69, 9.17) is 28.3 Å². The van der Waals surface area contributed by atoms with Gasteiger partial charge < -0.3 is 10.0 Å². The molecule has 1 aliphatic rings. The second-order valence-electron chi connectivity index (χ2n) is 3.38. The summed E-state index contributed by atoms with van der Waals surface area (Å²) in [6.45, 7) is 0.289. The molecule has 2 rings (SSSR count). The summed E-state index contributed by atoms with van der Waals surface area (Å²) in [5.74, 6) is -1.10. The molecule has 88 valence electrons. The molecule has 0 aromatic heterocycles. The smallest absolute Gasteiger partial charge is 0.340 e. The number of rotatable bonds is 2. The molecule has 6 heteroatoms. The maximum atomic E-state index is 10.9. The Bertz CT molecular complexity index is 509. The van der Waals surface area contributed by atoms with Crippen LogP contribution < -0.4 is 4.90 Å². The van der Waals surface area contributed by atoms with E-state index in [-0.39, 0.29) is 17.4 Å². The third-order valence-corrected chi connectivity index (χ3v) is 2.83. The summed E-state index contributed by atoms with van der Waals surface area (Å²) < 4.78 is 0. The zero-order valence-corrected chi connectivity index (χ0v) is 10.1. The summed E-state index contributed by atoms with van der Waals surface area (Å²) in [7, 11) is 0. The second kappa shape index (κ2) is 4.77. The summed E-state index contributed by atoms with van der Waals surface area (Å²) in [6, 6.07) is 7.02. The maximum absolute atomic E-state index is 10.9. The van der Waals surface area contributed by atoms with Gasteiger partial charge in [-0.2, -0.15) is 0 Å². The molecular formula is C11H8Cl2N2O2. The Morgan fingerprint density at radius 3 is 2.53 bits per heavy atom. The first kappa shape index (κ1) is 12.0. The highest BCUT2D eigenvalue weighted by Crippen LogP contribution is 2.22. The minimum absolute atomic E-state index is 0.0164. The number of aliphatic imine (C=N–C) groups is 1. The highest BCUT2D eigenvalue weighted by molar-refractivity contribution is 6.72. The van der Waals surface area contributed by atoms with Crippen LogP contribution in [0.4, 0.5) is 5.69 Å². The summed E-state index contributed by atoms with van der Waals surface area (Å²) in [5.41, 5.74) is 0.786. The van der Waals surface area contributed by atoms with Gasteiger partial charge in [-0.15, -0.1) is 0 Å². The van der Waals surface area contributed by atoms with Crippen molar-refractivity contribution < 1.29 is 9.90 Å². The van der Waals surface area contributed by atoms with Crippen molar-refractivity contribution in [3.63, 3.8) is 0 Å². The quantitative estimate of drug-likeness (QED) is 0.899. The predicted octanol–water partition coefficient (Wildman–Crippen LogP) is 2.72. The Morgan fingerprint density at radius 1 is 1.29 bits per heavy atom. The van der Waals surface area contributed by atoms with Crippen molar-refractivity contribution in [1.82, 2.24) is 0 Å². The summed E-state index contributed by atoms with van der Waals surface area (Å²) in [6.07, 6.45) is 1.46. The number of anilines is 1. The molecule has 0 bridgehead atoms. The zero-order valence-electron chi connectivity index (χ0n) is 8.60. The number of nitrogens with zero attached hydrogens (tertiary/aromatic N) is 2. The lowest BCUT2D eigenvalue weighted by Gasteiger charge is -2.22. The number of halogens is 2. The number of carboxylic acid groups (broad SMARTS) is 1. The fourth-order valence-corrected chi connectivity index (χ4v) is 1.71. The molecule has 0 fully saturated rings. The van der Waals surface area contributed by atoms with Crippen LogP contribution >= 0.6 is 23.2 Å². The second-order valence-corrected chi connectivity index (χ2v) is 4.18. The van der Waals surface area contributed by atoms with Crippen LogP contribution in [0.1, 0.15) is 0 Å². The number of carboxylic acids is 1. The van der Waals surface area contributed by atoms with Gasteiger partial charge in [0.1, 0.15) is 17.4 Å². The van der Waals surface area contributed by atoms with Crippen molar-refractivity contribution in [3.05, 3.63) is 41.1 Å². The average molecular weight is 271 g/mol. The molecule has 0 atom stereocenters. The predicted molar refractivity (Wildman–Crippen MR) is 67.8 cm³/mol. The molecule has 0 amide bonds. The topological polar surface area (TPSA) is 52.9 Å². The van der Waals surface area contributed by atoms with Crippen molar-refractivity contribution in [2.75, 3.05) is 11.6 Å².